The third-order valence-corrected chi connectivity index (χ3v) is 2.92. The smallest absolute Gasteiger partial charge is 0.324 e. The van der Waals surface area contributed by atoms with Crippen molar-refractivity contribution in [2.24, 2.45) is 5.73 Å². The zero-order valence-electron chi connectivity index (χ0n) is 10.4. The maximum Gasteiger partial charge on any atom is 0.416 e. The fourth-order valence-corrected chi connectivity index (χ4v) is 1.84. The highest BCUT2D eigenvalue weighted by molar-refractivity contribution is 5.98. The molecule has 104 valence electrons. The molecule has 0 fully saturated rings. The Balaban J connectivity index is 2.35. The van der Waals surface area contributed by atoms with Crippen LogP contribution in [0.2, 0.25) is 0 Å². The first-order valence-corrected chi connectivity index (χ1v) is 5.93. The van der Waals surface area contributed by atoms with E-state index in [-0.39, 0.29) is 12.3 Å². The Labute approximate surface area is 114 Å². The van der Waals surface area contributed by atoms with Gasteiger partial charge in [-0.15, -0.1) is 0 Å². The van der Waals surface area contributed by atoms with Crippen LogP contribution in [0.25, 0.3) is 11.1 Å². The Hall–Kier alpha value is -2.14. The van der Waals surface area contributed by atoms with E-state index >= 15 is 0 Å². The average Bonchev–Trinajstić information content (AvgIpc) is 2.46. The van der Waals surface area contributed by atoms with Gasteiger partial charge in [-0.25, -0.2) is 0 Å². The van der Waals surface area contributed by atoms with Crippen LogP contribution in [-0.4, -0.2) is 12.3 Å². The lowest BCUT2D eigenvalue weighted by Crippen LogP contribution is -2.13. The van der Waals surface area contributed by atoms with E-state index in [0.29, 0.717) is 16.7 Å². The van der Waals surface area contributed by atoms with E-state index in [1.165, 1.54) is 12.1 Å². The topological polar surface area (TPSA) is 43.1 Å². The molecule has 0 aliphatic carbocycles. The van der Waals surface area contributed by atoms with Gasteiger partial charge >= 0.3 is 6.18 Å². The molecule has 0 unspecified atom stereocenters. The highest BCUT2D eigenvalue weighted by atomic mass is 19.4. The SMILES string of the molecule is NCC(=O)c1cccc(-c2ccc(C(F)(F)F)cc2)c1. The maximum atomic E-state index is 12.5. The maximum absolute atomic E-state index is 12.5. The van der Waals surface area contributed by atoms with Crippen LogP contribution < -0.4 is 5.73 Å². The van der Waals surface area contributed by atoms with Crippen molar-refractivity contribution in [1.82, 2.24) is 0 Å². The van der Waals surface area contributed by atoms with Gasteiger partial charge < -0.3 is 5.73 Å². The second kappa shape index (κ2) is 5.46. The molecule has 20 heavy (non-hydrogen) atoms. The first kappa shape index (κ1) is 14.3. The van der Waals surface area contributed by atoms with Gasteiger partial charge in [0.2, 0.25) is 0 Å². The van der Waals surface area contributed by atoms with Crippen molar-refractivity contribution in [3.8, 4) is 11.1 Å². The van der Waals surface area contributed by atoms with Gasteiger partial charge in [0.25, 0.3) is 0 Å². The summed E-state index contributed by atoms with van der Waals surface area (Å²) in [6.07, 6.45) is -4.35. The van der Waals surface area contributed by atoms with Gasteiger partial charge in [0, 0.05) is 5.56 Å². The lowest BCUT2D eigenvalue weighted by atomic mass is 10.0. The van der Waals surface area contributed by atoms with Crippen LogP contribution in [0.15, 0.2) is 48.5 Å². The molecule has 5 heteroatoms. The Morgan fingerprint density at radius 1 is 1.00 bits per heavy atom. The van der Waals surface area contributed by atoms with Crippen LogP contribution in [0.3, 0.4) is 0 Å². The molecular formula is C15H12F3NO. The van der Waals surface area contributed by atoms with Gasteiger partial charge in [0.1, 0.15) is 0 Å². The molecule has 0 bridgehead atoms. The number of hydrogen-bond donors (Lipinski definition) is 1. The van der Waals surface area contributed by atoms with Crippen LogP contribution in [0.5, 0.6) is 0 Å². The highest BCUT2D eigenvalue weighted by Crippen LogP contribution is 2.31. The molecule has 0 radical (unpaired) electrons. The molecule has 0 aliphatic heterocycles. The summed E-state index contributed by atoms with van der Waals surface area (Å²) in [4.78, 5) is 11.5. The first-order valence-electron chi connectivity index (χ1n) is 5.93. The number of nitrogens with two attached hydrogens (primary N) is 1. The van der Waals surface area contributed by atoms with Crippen molar-refractivity contribution in [2.75, 3.05) is 6.54 Å². The molecule has 2 aromatic carbocycles. The molecule has 0 aromatic heterocycles. The predicted octanol–water partition coefficient (Wildman–Crippen LogP) is 3.51. The average molecular weight is 279 g/mol. The predicted molar refractivity (Wildman–Crippen MR) is 70.3 cm³/mol. The number of hydrogen-bond acceptors (Lipinski definition) is 2. The number of Topliss-reactive ketones (excluding diaryl/α,β-unsaturated/α-hetero) is 1. The summed E-state index contributed by atoms with van der Waals surface area (Å²) in [5.41, 5.74) is 6.33. The molecule has 0 heterocycles. The van der Waals surface area contributed by atoms with Crippen LogP contribution in [0.4, 0.5) is 13.2 Å². The zero-order valence-corrected chi connectivity index (χ0v) is 10.4. The standard InChI is InChI=1S/C15H12F3NO/c16-15(17,18)13-6-4-10(5-7-13)11-2-1-3-12(8-11)14(20)9-19/h1-8H,9,19H2. The lowest BCUT2D eigenvalue weighted by molar-refractivity contribution is -0.137. The molecule has 2 rings (SSSR count). The molecule has 2 nitrogen and oxygen atoms in total. The van der Waals surface area contributed by atoms with Gasteiger partial charge in [0.05, 0.1) is 12.1 Å². The Kier molecular flexibility index (Phi) is 3.90. The summed E-state index contributed by atoms with van der Waals surface area (Å²) in [7, 11) is 0. The van der Waals surface area contributed by atoms with Crippen LogP contribution in [0.1, 0.15) is 15.9 Å². The molecule has 0 saturated carbocycles. The van der Waals surface area contributed by atoms with Crippen molar-refractivity contribution in [1.29, 1.82) is 0 Å². The lowest BCUT2D eigenvalue weighted by Gasteiger charge is -2.08. The summed E-state index contributed by atoms with van der Waals surface area (Å²) < 4.78 is 37.4. The summed E-state index contributed by atoms with van der Waals surface area (Å²) in [6.45, 7) is -0.101. The van der Waals surface area contributed by atoms with Gasteiger partial charge in [-0.1, -0.05) is 30.3 Å². The summed E-state index contributed by atoms with van der Waals surface area (Å²) >= 11 is 0. The third kappa shape index (κ3) is 3.05. The monoisotopic (exact) mass is 279 g/mol. The van der Waals surface area contributed by atoms with E-state index in [9.17, 15) is 18.0 Å². The first-order chi connectivity index (χ1) is 9.41. The van der Waals surface area contributed by atoms with E-state index < -0.39 is 11.7 Å². The largest absolute Gasteiger partial charge is 0.416 e. The number of benzene rings is 2. The minimum Gasteiger partial charge on any atom is -0.324 e. The van der Waals surface area contributed by atoms with Gasteiger partial charge in [-0.05, 0) is 29.3 Å². The van der Waals surface area contributed by atoms with E-state index in [2.05, 4.69) is 0 Å². The molecule has 0 aliphatic rings. The summed E-state index contributed by atoms with van der Waals surface area (Å²) in [6, 6.07) is 11.5. The summed E-state index contributed by atoms with van der Waals surface area (Å²) in [5, 5.41) is 0. The Morgan fingerprint density at radius 3 is 2.20 bits per heavy atom. The van der Waals surface area contributed by atoms with Crippen molar-refractivity contribution in [3.05, 3.63) is 59.7 Å². The minimum atomic E-state index is -4.35. The van der Waals surface area contributed by atoms with Crippen molar-refractivity contribution in [3.63, 3.8) is 0 Å². The van der Waals surface area contributed by atoms with Gasteiger partial charge in [-0.3, -0.25) is 4.79 Å². The quantitative estimate of drug-likeness (QED) is 0.874. The molecule has 2 aromatic rings. The summed E-state index contributed by atoms with van der Waals surface area (Å²) in [5.74, 6) is -0.209. The van der Waals surface area contributed by atoms with E-state index in [4.69, 9.17) is 5.73 Å². The van der Waals surface area contributed by atoms with Crippen molar-refractivity contribution >= 4 is 5.78 Å². The molecule has 0 saturated heterocycles. The van der Waals surface area contributed by atoms with E-state index in [0.717, 1.165) is 12.1 Å². The number of rotatable bonds is 3. The number of ketones is 1. The normalized spacial score (nSPS) is 11.4. The Bertz CT molecular complexity index is 618. The number of alkyl halides is 3. The van der Waals surface area contributed by atoms with Crippen molar-refractivity contribution < 1.29 is 18.0 Å². The van der Waals surface area contributed by atoms with Crippen molar-refractivity contribution in [2.45, 2.75) is 6.18 Å². The second-order valence-electron chi connectivity index (χ2n) is 4.28. The van der Waals surface area contributed by atoms with Crippen LogP contribution in [0, 0.1) is 0 Å². The fraction of sp³-hybridized carbons (Fsp3) is 0.133. The van der Waals surface area contributed by atoms with E-state index in [1.807, 2.05) is 0 Å². The number of carbonyl (C=O) groups excluding carboxylic acids is 1. The van der Waals surface area contributed by atoms with Crippen LogP contribution in [-0.2, 0) is 6.18 Å². The van der Waals surface area contributed by atoms with Crippen LogP contribution >= 0.6 is 0 Å². The number of halogens is 3. The highest BCUT2D eigenvalue weighted by Gasteiger charge is 2.29. The molecule has 0 amide bonds. The van der Waals surface area contributed by atoms with Gasteiger partial charge in [-0.2, -0.15) is 13.2 Å². The Morgan fingerprint density at radius 2 is 1.65 bits per heavy atom. The fourth-order valence-electron chi connectivity index (χ4n) is 1.84. The third-order valence-electron chi connectivity index (χ3n) is 2.92. The van der Waals surface area contributed by atoms with E-state index in [1.54, 1.807) is 24.3 Å². The number of carbonyl (C=O) groups is 1. The molecule has 0 spiro atoms. The molecular weight excluding hydrogens is 267 g/mol. The van der Waals surface area contributed by atoms with Gasteiger partial charge in [0.15, 0.2) is 5.78 Å². The molecule has 2 N–H and O–H groups in total. The zero-order chi connectivity index (χ0) is 14.8. The minimum absolute atomic E-state index is 0.101. The second-order valence-corrected chi connectivity index (χ2v) is 4.28. The molecule has 0 atom stereocenters.